The van der Waals surface area contributed by atoms with Gasteiger partial charge in [0.05, 0.1) is 22.6 Å². The molecule has 2 rings (SSSR count). The van der Waals surface area contributed by atoms with Gasteiger partial charge in [-0.05, 0) is 52.7 Å². The molecule has 1 saturated heterocycles. The third-order valence-electron chi connectivity index (χ3n) is 3.81. The Labute approximate surface area is 145 Å². The molecule has 1 fully saturated rings. The molecule has 1 aliphatic rings. The third kappa shape index (κ3) is 4.90. The molecule has 2 atom stereocenters. The lowest BCUT2D eigenvalue weighted by molar-refractivity contribution is -0.120. The normalized spacial score (nSPS) is 19.2. The molecule has 1 heterocycles. The van der Waals surface area contributed by atoms with Crippen LogP contribution < -0.4 is 0 Å². The van der Waals surface area contributed by atoms with E-state index < -0.39 is 28.5 Å². The summed E-state index contributed by atoms with van der Waals surface area (Å²) in [6.45, 7) is 7.84. The minimum atomic E-state index is -1.39. The summed E-state index contributed by atoms with van der Waals surface area (Å²) in [5, 5.41) is 0. The first-order valence-electron chi connectivity index (χ1n) is 8.15. The zero-order chi connectivity index (χ0) is 17.9. The van der Waals surface area contributed by atoms with Crippen molar-refractivity contribution in [3.63, 3.8) is 0 Å². The molecule has 0 aliphatic carbocycles. The molecule has 0 aromatic heterocycles. The van der Waals surface area contributed by atoms with Crippen molar-refractivity contribution in [1.29, 1.82) is 0 Å². The number of hydrogen-bond acceptors (Lipinski definition) is 4. The van der Waals surface area contributed by atoms with E-state index in [-0.39, 0.29) is 11.5 Å². The zero-order valence-electron chi connectivity index (χ0n) is 14.7. The Morgan fingerprint density at radius 2 is 1.88 bits per heavy atom. The van der Waals surface area contributed by atoms with Crippen LogP contribution in [0.2, 0.25) is 0 Å². The Balaban J connectivity index is 2.01. The summed E-state index contributed by atoms with van der Waals surface area (Å²) < 4.78 is 17.7. The first kappa shape index (κ1) is 18.6. The zero-order valence-corrected chi connectivity index (χ0v) is 15.5. The van der Waals surface area contributed by atoms with Gasteiger partial charge in [-0.3, -0.25) is 13.9 Å². The van der Waals surface area contributed by atoms with Crippen molar-refractivity contribution in [2.45, 2.75) is 57.1 Å². The highest BCUT2D eigenvalue weighted by Gasteiger charge is 2.36. The highest BCUT2D eigenvalue weighted by molar-refractivity contribution is 7.85. The molecule has 0 N–H and O–H groups in total. The van der Waals surface area contributed by atoms with Gasteiger partial charge in [-0.1, -0.05) is 17.7 Å². The molecular formula is C18H25NO4S. The fourth-order valence-corrected chi connectivity index (χ4v) is 3.70. The molecule has 1 aromatic rings. The smallest absolute Gasteiger partial charge is 0.410 e. The van der Waals surface area contributed by atoms with E-state index in [9.17, 15) is 13.8 Å². The summed E-state index contributed by atoms with van der Waals surface area (Å²) in [6, 6.07) is 6.77. The molecule has 132 valence electrons. The van der Waals surface area contributed by atoms with Crippen molar-refractivity contribution in [1.82, 2.24) is 4.90 Å². The number of aryl methyl sites for hydroxylation is 1. The molecule has 24 heavy (non-hydrogen) atoms. The number of rotatable bonds is 4. The van der Waals surface area contributed by atoms with Crippen LogP contribution in [-0.2, 0) is 20.3 Å². The number of amides is 1. The van der Waals surface area contributed by atoms with E-state index >= 15 is 0 Å². The van der Waals surface area contributed by atoms with Crippen LogP contribution in [0, 0.1) is 6.92 Å². The maximum absolute atomic E-state index is 12.5. The highest BCUT2D eigenvalue weighted by atomic mass is 32.2. The van der Waals surface area contributed by atoms with Gasteiger partial charge in [0.1, 0.15) is 5.60 Å². The summed E-state index contributed by atoms with van der Waals surface area (Å²) in [6.07, 6.45) is 0.884. The summed E-state index contributed by atoms with van der Waals surface area (Å²) in [5.41, 5.74) is 0.479. The number of benzene rings is 1. The Morgan fingerprint density at radius 1 is 1.25 bits per heavy atom. The predicted octanol–water partition coefficient (Wildman–Crippen LogP) is 3.07. The first-order chi connectivity index (χ1) is 11.2. The quantitative estimate of drug-likeness (QED) is 0.836. The average Bonchev–Trinajstić information content (AvgIpc) is 2.95. The minimum absolute atomic E-state index is 0.0764. The van der Waals surface area contributed by atoms with Gasteiger partial charge in [0, 0.05) is 11.4 Å². The third-order valence-corrected chi connectivity index (χ3v) is 5.15. The van der Waals surface area contributed by atoms with Gasteiger partial charge in [-0.25, -0.2) is 4.79 Å². The molecule has 0 spiro atoms. The lowest BCUT2D eigenvalue weighted by atomic mass is 10.1. The monoisotopic (exact) mass is 351 g/mol. The fourth-order valence-electron chi connectivity index (χ4n) is 2.64. The van der Waals surface area contributed by atoms with Gasteiger partial charge < -0.3 is 4.74 Å². The standard InChI is InChI=1S/C18H25NO4S/c1-13-7-9-14(10-8-13)24(22)12-16(20)15-6-5-11-19(15)17(21)23-18(2,3)4/h7-10,15H,5-6,11-12H2,1-4H3/t15-,24+/m0/s1. The van der Waals surface area contributed by atoms with Crippen LogP contribution >= 0.6 is 0 Å². The lowest BCUT2D eigenvalue weighted by Gasteiger charge is -2.27. The van der Waals surface area contributed by atoms with Gasteiger partial charge in [0.2, 0.25) is 0 Å². The topological polar surface area (TPSA) is 63.7 Å². The van der Waals surface area contributed by atoms with Crippen molar-refractivity contribution in [3.8, 4) is 0 Å². The summed E-state index contributed by atoms with van der Waals surface area (Å²) >= 11 is 0. The van der Waals surface area contributed by atoms with Crippen molar-refractivity contribution in [3.05, 3.63) is 29.8 Å². The van der Waals surface area contributed by atoms with E-state index in [0.29, 0.717) is 17.9 Å². The van der Waals surface area contributed by atoms with Crippen LogP contribution in [-0.4, -0.2) is 44.9 Å². The summed E-state index contributed by atoms with van der Waals surface area (Å²) in [7, 11) is -1.39. The Morgan fingerprint density at radius 3 is 2.46 bits per heavy atom. The highest BCUT2D eigenvalue weighted by Crippen LogP contribution is 2.22. The van der Waals surface area contributed by atoms with Crippen LogP contribution in [0.25, 0.3) is 0 Å². The second-order valence-electron chi connectivity index (χ2n) is 7.10. The minimum Gasteiger partial charge on any atom is -0.444 e. The first-order valence-corrected chi connectivity index (χ1v) is 9.46. The second kappa shape index (κ2) is 7.47. The second-order valence-corrected chi connectivity index (χ2v) is 8.55. The van der Waals surface area contributed by atoms with Crippen LogP contribution in [0.5, 0.6) is 0 Å². The maximum atomic E-state index is 12.5. The molecule has 0 unspecified atom stereocenters. The van der Waals surface area contributed by atoms with E-state index in [1.54, 1.807) is 32.9 Å². The summed E-state index contributed by atoms with van der Waals surface area (Å²) in [5.74, 6) is -0.246. The van der Waals surface area contributed by atoms with Crippen molar-refractivity contribution in [2.75, 3.05) is 12.3 Å². The number of hydrogen-bond donors (Lipinski definition) is 0. The van der Waals surface area contributed by atoms with E-state index in [1.165, 1.54) is 4.90 Å². The largest absolute Gasteiger partial charge is 0.444 e. The lowest BCUT2D eigenvalue weighted by Crippen LogP contribution is -2.44. The van der Waals surface area contributed by atoms with E-state index in [2.05, 4.69) is 0 Å². The average molecular weight is 351 g/mol. The molecule has 6 heteroatoms. The van der Waals surface area contributed by atoms with Crippen molar-refractivity contribution >= 4 is 22.7 Å². The van der Waals surface area contributed by atoms with Gasteiger partial charge in [-0.2, -0.15) is 0 Å². The molecule has 1 aromatic carbocycles. The molecule has 0 bridgehead atoms. The number of carbonyl (C=O) groups excluding carboxylic acids is 2. The van der Waals surface area contributed by atoms with Crippen LogP contribution in [0.3, 0.4) is 0 Å². The molecule has 0 saturated carbocycles. The van der Waals surface area contributed by atoms with Gasteiger partial charge in [-0.15, -0.1) is 0 Å². The Kier molecular flexibility index (Phi) is 5.80. The number of likely N-dealkylation sites (tertiary alicyclic amines) is 1. The summed E-state index contributed by atoms with van der Waals surface area (Å²) in [4.78, 5) is 26.9. The van der Waals surface area contributed by atoms with Crippen LogP contribution in [0.15, 0.2) is 29.2 Å². The number of carbonyl (C=O) groups is 2. The Hall–Kier alpha value is -1.69. The Bertz CT molecular complexity index is 633. The van der Waals surface area contributed by atoms with Crippen LogP contribution in [0.1, 0.15) is 39.2 Å². The SMILES string of the molecule is Cc1ccc([S@](=O)CC(=O)[C@@H]2CCCN2C(=O)OC(C)(C)C)cc1. The number of ether oxygens (including phenoxy) is 1. The van der Waals surface area contributed by atoms with E-state index in [4.69, 9.17) is 4.74 Å². The molecule has 1 amide bonds. The van der Waals surface area contributed by atoms with E-state index in [1.807, 2.05) is 19.1 Å². The van der Waals surface area contributed by atoms with E-state index in [0.717, 1.165) is 12.0 Å². The molecule has 5 nitrogen and oxygen atoms in total. The van der Waals surface area contributed by atoms with Crippen molar-refractivity contribution < 1.29 is 18.5 Å². The van der Waals surface area contributed by atoms with Gasteiger partial charge in [0.15, 0.2) is 5.78 Å². The van der Waals surface area contributed by atoms with Gasteiger partial charge in [0.25, 0.3) is 0 Å². The van der Waals surface area contributed by atoms with Crippen LogP contribution in [0.4, 0.5) is 4.79 Å². The number of nitrogens with zero attached hydrogens (tertiary/aromatic N) is 1. The number of ketones is 1. The predicted molar refractivity (Wildman–Crippen MR) is 93.4 cm³/mol. The van der Waals surface area contributed by atoms with Gasteiger partial charge >= 0.3 is 6.09 Å². The molecule has 1 aliphatic heterocycles. The maximum Gasteiger partial charge on any atom is 0.410 e. The number of Topliss-reactive ketones (excluding diaryl/α,β-unsaturated/α-hetero) is 1. The van der Waals surface area contributed by atoms with Crippen molar-refractivity contribution in [2.24, 2.45) is 0 Å². The molecule has 0 radical (unpaired) electrons. The fraction of sp³-hybridized carbons (Fsp3) is 0.556. The molecular weight excluding hydrogens is 326 g/mol.